The van der Waals surface area contributed by atoms with E-state index in [-0.39, 0.29) is 5.57 Å². The van der Waals surface area contributed by atoms with Gasteiger partial charge >= 0.3 is 5.97 Å². The van der Waals surface area contributed by atoms with Crippen molar-refractivity contribution in [1.29, 1.82) is 5.26 Å². The topological polar surface area (TPSA) is 63.2 Å². The summed E-state index contributed by atoms with van der Waals surface area (Å²) in [6.07, 6.45) is 16.8. The Morgan fingerprint density at radius 1 is 1.12 bits per heavy atom. The van der Waals surface area contributed by atoms with Crippen LogP contribution in [-0.2, 0) is 9.53 Å². The molecule has 0 aliphatic heterocycles. The smallest absolute Gasteiger partial charge is 0.348 e. The molecule has 0 radical (unpaired) electrons. The number of hydrogen-bond donors (Lipinski definition) is 0. The molecule has 0 aliphatic carbocycles. The molecule has 0 atom stereocenters. The van der Waals surface area contributed by atoms with Crippen LogP contribution in [0.25, 0.3) is 6.08 Å². The quantitative estimate of drug-likeness (QED) is 0.203. The van der Waals surface area contributed by atoms with Crippen molar-refractivity contribution >= 4 is 12.0 Å². The van der Waals surface area contributed by atoms with Gasteiger partial charge in [0.25, 0.3) is 0 Å². The highest BCUT2D eigenvalue weighted by Crippen LogP contribution is 2.11. The van der Waals surface area contributed by atoms with Crippen molar-refractivity contribution in [1.82, 2.24) is 0 Å². The van der Waals surface area contributed by atoms with E-state index in [0.29, 0.717) is 12.2 Å². The highest BCUT2D eigenvalue weighted by molar-refractivity contribution is 5.97. The van der Waals surface area contributed by atoms with Crippen molar-refractivity contribution in [2.75, 3.05) is 6.61 Å². The number of nitriles is 1. The summed E-state index contributed by atoms with van der Waals surface area (Å²) in [6.45, 7) is 2.61. The van der Waals surface area contributed by atoms with Crippen LogP contribution in [0.3, 0.4) is 0 Å². The minimum absolute atomic E-state index is 0.00322. The largest absolute Gasteiger partial charge is 0.472 e. The van der Waals surface area contributed by atoms with E-state index >= 15 is 0 Å². The van der Waals surface area contributed by atoms with Crippen molar-refractivity contribution in [3.05, 3.63) is 29.7 Å². The lowest BCUT2D eigenvalue weighted by atomic mass is 10.1. The Morgan fingerprint density at radius 3 is 2.29 bits per heavy atom. The maximum absolute atomic E-state index is 11.8. The molecule has 132 valence electrons. The summed E-state index contributed by atoms with van der Waals surface area (Å²) >= 11 is 0. The van der Waals surface area contributed by atoms with Gasteiger partial charge < -0.3 is 9.15 Å². The first-order valence-electron chi connectivity index (χ1n) is 9.09. The van der Waals surface area contributed by atoms with Crippen LogP contribution in [0, 0.1) is 11.3 Å². The van der Waals surface area contributed by atoms with Gasteiger partial charge in [-0.05, 0) is 18.6 Å². The Morgan fingerprint density at radius 2 is 1.75 bits per heavy atom. The Labute approximate surface area is 145 Å². The van der Waals surface area contributed by atoms with E-state index in [9.17, 15) is 4.79 Å². The van der Waals surface area contributed by atoms with Crippen LogP contribution in [0.1, 0.15) is 76.7 Å². The molecule has 0 N–H and O–H groups in total. The summed E-state index contributed by atoms with van der Waals surface area (Å²) in [5.74, 6) is -0.561. The highest BCUT2D eigenvalue weighted by atomic mass is 16.5. The zero-order valence-corrected chi connectivity index (χ0v) is 14.8. The van der Waals surface area contributed by atoms with Crippen molar-refractivity contribution in [3.8, 4) is 6.07 Å². The number of hydrogen-bond acceptors (Lipinski definition) is 4. The molecule has 1 aromatic rings. The number of nitrogens with zero attached hydrogens (tertiary/aromatic N) is 1. The maximum atomic E-state index is 11.8. The molecule has 0 aromatic carbocycles. The van der Waals surface area contributed by atoms with Gasteiger partial charge in [-0.15, -0.1) is 0 Å². The number of carbonyl (C=O) groups is 1. The van der Waals surface area contributed by atoms with E-state index < -0.39 is 5.97 Å². The SMILES string of the molecule is CCCCCCCCCCCCOC(=O)/C(C#N)=C/c1ccoc1. The van der Waals surface area contributed by atoms with Crippen LogP contribution in [0.15, 0.2) is 28.6 Å². The van der Waals surface area contributed by atoms with Gasteiger partial charge in [-0.2, -0.15) is 5.26 Å². The molecular formula is C20H29NO3. The van der Waals surface area contributed by atoms with E-state index in [1.54, 1.807) is 6.07 Å². The van der Waals surface area contributed by atoms with Crippen LogP contribution >= 0.6 is 0 Å². The lowest BCUT2D eigenvalue weighted by molar-refractivity contribution is -0.138. The van der Waals surface area contributed by atoms with Crippen LogP contribution < -0.4 is 0 Å². The zero-order valence-electron chi connectivity index (χ0n) is 14.8. The molecule has 0 aliphatic rings. The molecule has 1 rings (SSSR count). The van der Waals surface area contributed by atoms with Crippen LogP contribution in [0.2, 0.25) is 0 Å². The molecule has 0 saturated carbocycles. The molecule has 0 amide bonds. The predicted molar refractivity (Wildman–Crippen MR) is 95.1 cm³/mol. The Hall–Kier alpha value is -2.02. The van der Waals surface area contributed by atoms with Gasteiger partial charge in [0.15, 0.2) is 0 Å². The third-order valence-electron chi connectivity index (χ3n) is 3.93. The standard InChI is InChI=1S/C20H29NO3/c1-2-3-4-5-6-7-8-9-10-11-13-24-20(22)19(16-21)15-18-12-14-23-17-18/h12,14-15,17H,2-11,13H2,1H3/b19-15+. The number of furan rings is 1. The Kier molecular flexibility index (Phi) is 11.2. The van der Waals surface area contributed by atoms with Gasteiger partial charge in [-0.3, -0.25) is 0 Å². The fourth-order valence-corrected chi connectivity index (χ4v) is 2.49. The van der Waals surface area contributed by atoms with E-state index in [1.165, 1.54) is 70.0 Å². The fourth-order valence-electron chi connectivity index (χ4n) is 2.49. The summed E-state index contributed by atoms with van der Waals surface area (Å²) in [7, 11) is 0. The first-order chi connectivity index (χ1) is 11.8. The van der Waals surface area contributed by atoms with Gasteiger partial charge in [0.1, 0.15) is 11.6 Å². The highest BCUT2D eigenvalue weighted by Gasteiger charge is 2.10. The molecule has 4 nitrogen and oxygen atoms in total. The van der Waals surface area contributed by atoms with E-state index in [4.69, 9.17) is 14.4 Å². The van der Waals surface area contributed by atoms with Gasteiger partial charge in [0.05, 0.1) is 19.1 Å². The normalized spacial score (nSPS) is 11.2. The van der Waals surface area contributed by atoms with Crippen LogP contribution in [-0.4, -0.2) is 12.6 Å². The summed E-state index contributed by atoms with van der Waals surface area (Å²) < 4.78 is 10.1. The molecule has 0 fully saturated rings. The molecule has 1 heterocycles. The maximum Gasteiger partial charge on any atom is 0.348 e. The summed E-state index contributed by atoms with van der Waals surface area (Å²) in [5, 5.41) is 9.02. The van der Waals surface area contributed by atoms with Gasteiger partial charge in [-0.25, -0.2) is 4.79 Å². The molecular weight excluding hydrogens is 302 g/mol. The third-order valence-corrected chi connectivity index (χ3v) is 3.93. The van der Waals surface area contributed by atoms with E-state index in [1.807, 2.05) is 6.07 Å². The number of esters is 1. The minimum atomic E-state index is -0.561. The monoisotopic (exact) mass is 331 g/mol. The van der Waals surface area contributed by atoms with Crippen LogP contribution in [0.5, 0.6) is 0 Å². The zero-order chi connectivity index (χ0) is 17.5. The average Bonchev–Trinajstić information content (AvgIpc) is 3.10. The lowest BCUT2D eigenvalue weighted by Gasteiger charge is -2.04. The van der Waals surface area contributed by atoms with Crippen LogP contribution in [0.4, 0.5) is 0 Å². The summed E-state index contributed by atoms with van der Waals surface area (Å²) in [5.41, 5.74) is 0.686. The Bertz CT molecular complexity index is 511. The summed E-state index contributed by atoms with van der Waals surface area (Å²) in [6, 6.07) is 3.56. The minimum Gasteiger partial charge on any atom is -0.472 e. The van der Waals surface area contributed by atoms with Gasteiger partial charge in [-0.1, -0.05) is 64.7 Å². The molecule has 4 heteroatoms. The molecule has 0 bridgehead atoms. The van der Waals surface area contributed by atoms with Gasteiger partial charge in [0.2, 0.25) is 0 Å². The average molecular weight is 331 g/mol. The molecule has 0 unspecified atom stereocenters. The van der Waals surface area contributed by atoms with Crippen molar-refractivity contribution < 1.29 is 13.9 Å². The van der Waals surface area contributed by atoms with Crippen molar-refractivity contribution in [3.63, 3.8) is 0 Å². The molecule has 24 heavy (non-hydrogen) atoms. The fraction of sp³-hybridized carbons (Fsp3) is 0.600. The first kappa shape index (κ1) is 20.0. The molecule has 1 aromatic heterocycles. The molecule has 0 spiro atoms. The number of carbonyl (C=O) groups excluding carboxylic acids is 1. The van der Waals surface area contributed by atoms with E-state index in [2.05, 4.69) is 6.92 Å². The number of rotatable bonds is 13. The van der Waals surface area contributed by atoms with Crippen molar-refractivity contribution in [2.45, 2.75) is 71.1 Å². The third kappa shape index (κ3) is 9.19. The second kappa shape index (κ2) is 13.4. The van der Waals surface area contributed by atoms with E-state index in [0.717, 1.165) is 12.8 Å². The number of unbranched alkanes of at least 4 members (excludes halogenated alkanes) is 9. The predicted octanol–water partition coefficient (Wildman–Crippen LogP) is 5.65. The summed E-state index contributed by atoms with van der Waals surface area (Å²) in [4.78, 5) is 11.8. The number of ether oxygens (including phenoxy) is 1. The van der Waals surface area contributed by atoms with Gasteiger partial charge in [0, 0.05) is 5.56 Å². The second-order valence-electron chi connectivity index (χ2n) is 6.04. The first-order valence-corrected chi connectivity index (χ1v) is 9.09. The van der Waals surface area contributed by atoms with Crippen molar-refractivity contribution in [2.24, 2.45) is 0 Å². The molecule has 0 saturated heterocycles. The Balaban J connectivity index is 2.04. The second-order valence-corrected chi connectivity index (χ2v) is 6.04. The lowest BCUT2D eigenvalue weighted by Crippen LogP contribution is -2.07.